The number of nitrogens with one attached hydrogen (secondary N) is 2. The van der Waals surface area contributed by atoms with Gasteiger partial charge >= 0.3 is 0 Å². The van der Waals surface area contributed by atoms with Crippen LogP contribution in [0.1, 0.15) is 50.8 Å². The molecule has 0 saturated carbocycles. The first kappa shape index (κ1) is 27.4. The number of halogens is 1. The van der Waals surface area contributed by atoms with Gasteiger partial charge in [0.1, 0.15) is 5.75 Å². The summed E-state index contributed by atoms with van der Waals surface area (Å²) in [5.41, 5.74) is 2.13. The van der Waals surface area contributed by atoms with Gasteiger partial charge in [0.2, 0.25) is 0 Å². The fourth-order valence-electron chi connectivity index (χ4n) is 4.02. The SMILES string of the molecule is CCNC(=NCC1(c2ccccc2)CCOCC1)NCC(O)c1ccc(OC(C)C)cc1.I. The van der Waals surface area contributed by atoms with Gasteiger partial charge in [-0.05, 0) is 56.9 Å². The molecule has 0 radical (unpaired) electrons. The number of nitrogens with zero attached hydrogens (tertiary/aromatic N) is 1. The van der Waals surface area contributed by atoms with Crippen molar-refractivity contribution in [1.82, 2.24) is 10.6 Å². The molecule has 0 amide bonds. The average Bonchev–Trinajstić information content (AvgIpc) is 2.82. The van der Waals surface area contributed by atoms with Crippen LogP contribution in [-0.4, -0.2) is 50.0 Å². The maximum Gasteiger partial charge on any atom is 0.191 e. The Morgan fingerprint density at radius 3 is 2.33 bits per heavy atom. The lowest BCUT2D eigenvalue weighted by atomic mass is 9.74. The minimum absolute atomic E-state index is 0. The molecule has 6 nitrogen and oxygen atoms in total. The summed E-state index contributed by atoms with van der Waals surface area (Å²) in [4.78, 5) is 4.91. The monoisotopic (exact) mass is 567 g/mol. The minimum Gasteiger partial charge on any atom is -0.491 e. The number of hydrogen-bond donors (Lipinski definition) is 3. The first-order valence-corrected chi connectivity index (χ1v) is 11.6. The van der Waals surface area contributed by atoms with Crippen LogP contribution in [0.25, 0.3) is 0 Å². The lowest BCUT2D eigenvalue weighted by Crippen LogP contribution is -2.42. The van der Waals surface area contributed by atoms with E-state index in [0.717, 1.165) is 43.9 Å². The highest BCUT2D eigenvalue weighted by atomic mass is 127. The molecule has 1 atom stereocenters. The molecule has 1 saturated heterocycles. The van der Waals surface area contributed by atoms with E-state index in [1.165, 1.54) is 5.56 Å². The zero-order chi connectivity index (χ0) is 22.8. The Hall–Kier alpha value is -1.84. The molecule has 1 heterocycles. The van der Waals surface area contributed by atoms with Gasteiger partial charge in [-0.1, -0.05) is 42.5 Å². The highest BCUT2D eigenvalue weighted by Gasteiger charge is 2.34. The standard InChI is InChI=1S/C26H37N3O3.HI/c1-4-27-25(28-18-24(30)21-10-12-23(13-11-21)32-20(2)3)29-19-26(14-16-31-17-15-26)22-8-6-5-7-9-22;/h5-13,20,24,30H,4,14-19H2,1-3H3,(H2,27,28,29);1H. The van der Waals surface area contributed by atoms with Crippen LogP contribution in [0.4, 0.5) is 0 Å². The third-order valence-electron chi connectivity index (χ3n) is 5.82. The number of aliphatic hydroxyl groups is 1. The highest BCUT2D eigenvalue weighted by molar-refractivity contribution is 14.0. The average molecular weight is 568 g/mol. The number of benzene rings is 2. The topological polar surface area (TPSA) is 75.1 Å². The minimum atomic E-state index is -0.641. The van der Waals surface area contributed by atoms with Gasteiger partial charge in [0, 0.05) is 31.7 Å². The Morgan fingerprint density at radius 2 is 1.73 bits per heavy atom. The van der Waals surface area contributed by atoms with E-state index in [-0.39, 0.29) is 35.5 Å². The van der Waals surface area contributed by atoms with Crippen molar-refractivity contribution >= 4 is 29.9 Å². The van der Waals surface area contributed by atoms with Gasteiger partial charge in [0.15, 0.2) is 5.96 Å². The highest BCUT2D eigenvalue weighted by Crippen LogP contribution is 2.35. The Kier molecular flexibility index (Phi) is 11.4. The summed E-state index contributed by atoms with van der Waals surface area (Å²) < 4.78 is 11.3. The van der Waals surface area contributed by atoms with Crippen molar-refractivity contribution in [2.45, 2.75) is 51.2 Å². The second-order valence-corrected chi connectivity index (χ2v) is 8.59. The van der Waals surface area contributed by atoms with Crippen molar-refractivity contribution in [1.29, 1.82) is 0 Å². The van der Waals surface area contributed by atoms with Crippen LogP contribution in [0.15, 0.2) is 59.6 Å². The van der Waals surface area contributed by atoms with Gasteiger partial charge < -0.3 is 25.2 Å². The molecule has 1 fully saturated rings. The van der Waals surface area contributed by atoms with Gasteiger partial charge in [-0.15, -0.1) is 24.0 Å². The van der Waals surface area contributed by atoms with E-state index in [0.29, 0.717) is 19.0 Å². The van der Waals surface area contributed by atoms with Gasteiger partial charge in [0.25, 0.3) is 0 Å². The fraction of sp³-hybridized carbons (Fsp3) is 0.500. The summed E-state index contributed by atoms with van der Waals surface area (Å²) in [5.74, 6) is 1.52. The molecule has 7 heteroatoms. The van der Waals surface area contributed by atoms with Gasteiger partial charge in [-0.3, -0.25) is 4.99 Å². The van der Waals surface area contributed by atoms with Crippen LogP contribution in [-0.2, 0) is 10.2 Å². The molecular formula is C26H38IN3O3. The molecule has 1 unspecified atom stereocenters. The van der Waals surface area contributed by atoms with E-state index < -0.39 is 6.10 Å². The number of ether oxygens (including phenoxy) is 2. The van der Waals surface area contributed by atoms with Crippen LogP contribution < -0.4 is 15.4 Å². The number of aliphatic hydroxyl groups excluding tert-OH is 1. The maximum absolute atomic E-state index is 10.7. The van der Waals surface area contributed by atoms with Gasteiger partial charge in [-0.25, -0.2) is 0 Å². The third kappa shape index (κ3) is 8.15. The lowest BCUT2D eigenvalue weighted by Gasteiger charge is -2.36. The van der Waals surface area contributed by atoms with Crippen LogP contribution >= 0.6 is 24.0 Å². The van der Waals surface area contributed by atoms with Crippen LogP contribution in [0.2, 0.25) is 0 Å². The summed E-state index contributed by atoms with van der Waals surface area (Å²) in [5, 5.41) is 17.3. The zero-order valence-corrected chi connectivity index (χ0v) is 22.3. The molecule has 0 aliphatic carbocycles. The van der Waals surface area contributed by atoms with E-state index in [9.17, 15) is 5.11 Å². The largest absolute Gasteiger partial charge is 0.491 e. The smallest absolute Gasteiger partial charge is 0.191 e. The second kappa shape index (κ2) is 13.8. The van der Waals surface area contributed by atoms with E-state index in [1.54, 1.807) is 0 Å². The Bertz CT molecular complexity index is 838. The molecule has 2 aromatic carbocycles. The van der Waals surface area contributed by atoms with Crippen molar-refractivity contribution in [3.63, 3.8) is 0 Å². The summed E-state index contributed by atoms with van der Waals surface area (Å²) in [6.45, 7) is 9.35. The predicted octanol–water partition coefficient (Wildman–Crippen LogP) is 4.43. The molecule has 182 valence electrons. The normalized spacial score (nSPS) is 16.6. The lowest BCUT2D eigenvalue weighted by molar-refractivity contribution is 0.0531. The summed E-state index contributed by atoms with van der Waals surface area (Å²) in [6.07, 6.45) is 1.39. The van der Waals surface area contributed by atoms with Crippen LogP contribution in [0.3, 0.4) is 0 Å². The van der Waals surface area contributed by atoms with Crippen molar-refractivity contribution in [3.05, 3.63) is 65.7 Å². The van der Waals surface area contributed by atoms with E-state index in [1.807, 2.05) is 51.1 Å². The summed E-state index contributed by atoms with van der Waals surface area (Å²) >= 11 is 0. The van der Waals surface area contributed by atoms with Crippen molar-refractivity contribution in [2.24, 2.45) is 4.99 Å². The fourth-order valence-corrected chi connectivity index (χ4v) is 4.02. The van der Waals surface area contributed by atoms with E-state index in [4.69, 9.17) is 14.5 Å². The van der Waals surface area contributed by atoms with Crippen molar-refractivity contribution in [3.8, 4) is 5.75 Å². The maximum atomic E-state index is 10.7. The number of rotatable bonds is 9. The number of hydrogen-bond acceptors (Lipinski definition) is 4. The second-order valence-electron chi connectivity index (χ2n) is 8.59. The third-order valence-corrected chi connectivity index (χ3v) is 5.82. The van der Waals surface area contributed by atoms with E-state index >= 15 is 0 Å². The molecule has 33 heavy (non-hydrogen) atoms. The van der Waals surface area contributed by atoms with Gasteiger partial charge in [-0.2, -0.15) is 0 Å². The van der Waals surface area contributed by atoms with Crippen LogP contribution in [0, 0.1) is 0 Å². The summed E-state index contributed by atoms with van der Waals surface area (Å²) in [6, 6.07) is 18.2. The molecule has 3 N–H and O–H groups in total. The van der Waals surface area contributed by atoms with E-state index in [2.05, 4.69) is 34.9 Å². The molecule has 1 aliphatic heterocycles. The quantitative estimate of drug-likeness (QED) is 0.238. The molecule has 0 spiro atoms. The van der Waals surface area contributed by atoms with Crippen LogP contribution in [0.5, 0.6) is 5.75 Å². The molecule has 2 aromatic rings. The molecule has 3 rings (SSSR count). The first-order chi connectivity index (χ1) is 15.5. The number of aliphatic imine (C=N–C) groups is 1. The Labute approximate surface area is 215 Å². The van der Waals surface area contributed by atoms with Crippen molar-refractivity contribution in [2.75, 3.05) is 32.8 Å². The molecular weight excluding hydrogens is 529 g/mol. The number of guanidine groups is 1. The molecule has 1 aliphatic rings. The Balaban J connectivity index is 0.00000385. The first-order valence-electron chi connectivity index (χ1n) is 11.6. The predicted molar refractivity (Wildman–Crippen MR) is 145 cm³/mol. The summed E-state index contributed by atoms with van der Waals surface area (Å²) in [7, 11) is 0. The van der Waals surface area contributed by atoms with Crippen molar-refractivity contribution < 1.29 is 14.6 Å². The van der Waals surface area contributed by atoms with Gasteiger partial charge in [0.05, 0.1) is 18.8 Å². The zero-order valence-electron chi connectivity index (χ0n) is 19.9. The molecule has 0 aromatic heterocycles. The molecule has 0 bridgehead atoms. The Morgan fingerprint density at radius 1 is 1.06 bits per heavy atom.